The Labute approximate surface area is 97.2 Å². The van der Waals surface area contributed by atoms with Crippen molar-refractivity contribution in [3.63, 3.8) is 0 Å². The topological polar surface area (TPSA) is 20.3 Å². The zero-order valence-electron chi connectivity index (χ0n) is 7.75. The van der Waals surface area contributed by atoms with Crippen LogP contribution >= 0.6 is 35.0 Å². The number of benzene rings is 1. The summed E-state index contributed by atoms with van der Waals surface area (Å²) in [5.74, 6) is 0. The SMILES string of the molecule is CN(C)C(=O)Sc1ccc(Cl)cc1Cl. The Kier molecular flexibility index (Phi) is 4.11. The molecule has 1 aromatic carbocycles. The van der Waals surface area contributed by atoms with Crippen LogP contribution < -0.4 is 0 Å². The van der Waals surface area contributed by atoms with Crippen molar-refractivity contribution in [1.82, 2.24) is 4.90 Å². The van der Waals surface area contributed by atoms with Crippen LogP contribution in [0.2, 0.25) is 10.0 Å². The molecule has 0 radical (unpaired) electrons. The highest BCUT2D eigenvalue weighted by Crippen LogP contribution is 2.30. The first-order valence-electron chi connectivity index (χ1n) is 3.85. The Morgan fingerprint density at radius 1 is 1.36 bits per heavy atom. The summed E-state index contributed by atoms with van der Waals surface area (Å²) < 4.78 is 0. The van der Waals surface area contributed by atoms with E-state index in [9.17, 15) is 4.79 Å². The van der Waals surface area contributed by atoms with Crippen molar-refractivity contribution < 1.29 is 4.79 Å². The van der Waals surface area contributed by atoms with Crippen molar-refractivity contribution in [3.8, 4) is 0 Å². The van der Waals surface area contributed by atoms with Gasteiger partial charge in [-0.1, -0.05) is 23.2 Å². The van der Waals surface area contributed by atoms with E-state index in [0.717, 1.165) is 16.7 Å². The molecule has 0 saturated heterocycles. The highest BCUT2D eigenvalue weighted by Gasteiger charge is 2.09. The molecule has 1 rings (SSSR count). The smallest absolute Gasteiger partial charge is 0.285 e. The summed E-state index contributed by atoms with van der Waals surface area (Å²) in [6, 6.07) is 5.06. The number of thioether (sulfide) groups is 1. The number of rotatable bonds is 1. The molecule has 0 aromatic heterocycles. The van der Waals surface area contributed by atoms with E-state index in [-0.39, 0.29) is 5.24 Å². The molecule has 0 saturated carbocycles. The number of halogens is 2. The molecule has 0 spiro atoms. The summed E-state index contributed by atoms with van der Waals surface area (Å²) in [6.45, 7) is 0. The first-order chi connectivity index (χ1) is 6.50. The minimum atomic E-state index is -0.0609. The maximum Gasteiger partial charge on any atom is 0.285 e. The Bertz CT molecular complexity index is 355. The summed E-state index contributed by atoms with van der Waals surface area (Å²) in [5.41, 5.74) is 0. The molecule has 0 aliphatic carbocycles. The molecule has 0 bridgehead atoms. The van der Waals surface area contributed by atoms with E-state index in [1.165, 1.54) is 4.90 Å². The van der Waals surface area contributed by atoms with Crippen molar-refractivity contribution in [3.05, 3.63) is 28.2 Å². The van der Waals surface area contributed by atoms with E-state index in [1.807, 2.05) is 0 Å². The Hall–Kier alpha value is -0.380. The third-order valence-corrected chi connectivity index (χ3v) is 3.23. The fourth-order valence-corrected chi connectivity index (χ4v) is 1.93. The van der Waals surface area contributed by atoms with Gasteiger partial charge in [-0.05, 0) is 30.0 Å². The first kappa shape index (κ1) is 11.7. The van der Waals surface area contributed by atoms with Crippen LogP contribution in [-0.4, -0.2) is 24.2 Å². The molecule has 0 N–H and O–H groups in total. The van der Waals surface area contributed by atoms with Crippen molar-refractivity contribution in [2.75, 3.05) is 14.1 Å². The zero-order chi connectivity index (χ0) is 10.7. The van der Waals surface area contributed by atoms with Crippen LogP contribution in [0.5, 0.6) is 0 Å². The van der Waals surface area contributed by atoms with E-state index >= 15 is 0 Å². The molecule has 76 valence electrons. The largest absolute Gasteiger partial charge is 0.339 e. The van der Waals surface area contributed by atoms with Gasteiger partial charge in [0.2, 0.25) is 0 Å². The average molecular weight is 250 g/mol. The van der Waals surface area contributed by atoms with Gasteiger partial charge in [-0.25, -0.2) is 0 Å². The number of carbonyl (C=O) groups is 1. The summed E-state index contributed by atoms with van der Waals surface area (Å²) in [4.78, 5) is 13.6. The third-order valence-electron chi connectivity index (χ3n) is 1.46. The van der Waals surface area contributed by atoms with Crippen LogP contribution in [0.3, 0.4) is 0 Å². The van der Waals surface area contributed by atoms with Crippen LogP contribution in [0.1, 0.15) is 0 Å². The monoisotopic (exact) mass is 249 g/mol. The molecule has 14 heavy (non-hydrogen) atoms. The number of nitrogens with zero attached hydrogens (tertiary/aromatic N) is 1. The summed E-state index contributed by atoms with van der Waals surface area (Å²) in [5, 5.41) is 1.00. The highest BCUT2D eigenvalue weighted by molar-refractivity contribution is 8.13. The number of hydrogen-bond acceptors (Lipinski definition) is 2. The molecule has 0 aliphatic rings. The van der Waals surface area contributed by atoms with Gasteiger partial charge in [0.05, 0.1) is 5.02 Å². The van der Waals surface area contributed by atoms with Crippen molar-refractivity contribution in [2.45, 2.75) is 4.90 Å². The molecule has 0 fully saturated rings. The second-order valence-electron chi connectivity index (χ2n) is 2.84. The van der Waals surface area contributed by atoms with Crippen LogP contribution in [0.4, 0.5) is 4.79 Å². The lowest BCUT2D eigenvalue weighted by molar-refractivity contribution is 0.241. The van der Waals surface area contributed by atoms with Gasteiger partial charge in [0.1, 0.15) is 0 Å². The van der Waals surface area contributed by atoms with Crippen LogP contribution in [0.25, 0.3) is 0 Å². The molecule has 1 amide bonds. The number of carbonyl (C=O) groups excluding carboxylic acids is 1. The summed E-state index contributed by atoms with van der Waals surface area (Å²) >= 11 is 12.7. The first-order valence-corrected chi connectivity index (χ1v) is 5.42. The van der Waals surface area contributed by atoms with E-state index in [4.69, 9.17) is 23.2 Å². The van der Waals surface area contributed by atoms with Crippen molar-refractivity contribution in [2.24, 2.45) is 0 Å². The van der Waals surface area contributed by atoms with E-state index in [2.05, 4.69) is 0 Å². The third kappa shape index (κ3) is 3.08. The van der Waals surface area contributed by atoms with Gasteiger partial charge in [0, 0.05) is 24.0 Å². The van der Waals surface area contributed by atoms with Gasteiger partial charge in [-0.3, -0.25) is 4.79 Å². The second-order valence-corrected chi connectivity index (χ2v) is 4.67. The van der Waals surface area contributed by atoms with Gasteiger partial charge >= 0.3 is 0 Å². The normalized spacial score (nSPS) is 10.0. The lowest BCUT2D eigenvalue weighted by Gasteiger charge is -2.09. The molecule has 0 atom stereocenters. The highest BCUT2D eigenvalue weighted by atomic mass is 35.5. The van der Waals surface area contributed by atoms with Gasteiger partial charge in [0.15, 0.2) is 0 Å². The maximum absolute atomic E-state index is 11.3. The Morgan fingerprint density at radius 3 is 2.50 bits per heavy atom. The lowest BCUT2D eigenvalue weighted by atomic mass is 10.4. The van der Waals surface area contributed by atoms with E-state index in [1.54, 1.807) is 32.3 Å². The predicted octanol–water partition coefficient (Wildman–Crippen LogP) is 3.77. The fourth-order valence-electron chi connectivity index (χ4n) is 0.743. The lowest BCUT2D eigenvalue weighted by Crippen LogP contribution is -2.16. The molecule has 0 heterocycles. The minimum Gasteiger partial charge on any atom is -0.339 e. The van der Waals surface area contributed by atoms with Gasteiger partial charge < -0.3 is 4.90 Å². The second kappa shape index (κ2) is 4.91. The van der Waals surface area contributed by atoms with Crippen LogP contribution in [0.15, 0.2) is 23.1 Å². The predicted molar refractivity (Wildman–Crippen MR) is 61.4 cm³/mol. The average Bonchev–Trinajstić information content (AvgIpc) is 2.09. The van der Waals surface area contributed by atoms with Gasteiger partial charge in [0.25, 0.3) is 5.24 Å². The standard InChI is InChI=1S/C9H9Cl2NOS/c1-12(2)9(13)14-8-4-3-6(10)5-7(8)11/h3-5H,1-2H3. The van der Waals surface area contributed by atoms with Gasteiger partial charge in [-0.15, -0.1) is 0 Å². The quantitative estimate of drug-likeness (QED) is 0.707. The Balaban J connectivity index is 2.82. The fraction of sp³-hybridized carbons (Fsp3) is 0.222. The van der Waals surface area contributed by atoms with Crippen molar-refractivity contribution >= 4 is 40.2 Å². The number of amides is 1. The zero-order valence-corrected chi connectivity index (χ0v) is 10.1. The molecule has 0 unspecified atom stereocenters. The molecular weight excluding hydrogens is 241 g/mol. The van der Waals surface area contributed by atoms with E-state index < -0.39 is 0 Å². The molecular formula is C9H9Cl2NOS. The summed E-state index contributed by atoms with van der Waals surface area (Å²) in [6.07, 6.45) is 0. The minimum absolute atomic E-state index is 0.0609. The molecule has 0 aliphatic heterocycles. The summed E-state index contributed by atoms with van der Waals surface area (Å²) in [7, 11) is 3.39. The number of hydrogen-bond donors (Lipinski definition) is 0. The van der Waals surface area contributed by atoms with Crippen LogP contribution in [0, 0.1) is 0 Å². The maximum atomic E-state index is 11.3. The van der Waals surface area contributed by atoms with Crippen LogP contribution in [-0.2, 0) is 0 Å². The van der Waals surface area contributed by atoms with Gasteiger partial charge in [-0.2, -0.15) is 0 Å². The van der Waals surface area contributed by atoms with Crippen molar-refractivity contribution in [1.29, 1.82) is 0 Å². The molecule has 2 nitrogen and oxygen atoms in total. The van der Waals surface area contributed by atoms with E-state index in [0.29, 0.717) is 10.0 Å². The Morgan fingerprint density at radius 2 is 2.00 bits per heavy atom. The molecule has 5 heteroatoms. The molecule has 1 aromatic rings.